The van der Waals surface area contributed by atoms with Crippen LogP contribution in [0.3, 0.4) is 0 Å². The Hall–Kier alpha value is -3.69. The minimum atomic E-state index is -1.12. The second-order valence-electron chi connectivity index (χ2n) is 7.51. The van der Waals surface area contributed by atoms with Crippen molar-refractivity contribution in [1.82, 2.24) is 0 Å². The summed E-state index contributed by atoms with van der Waals surface area (Å²) in [4.78, 5) is 48.4. The fraction of sp³-hybridized carbons (Fsp3) is 0.200. The van der Waals surface area contributed by atoms with Crippen LogP contribution in [0.25, 0.3) is 11.1 Å². The van der Waals surface area contributed by atoms with Crippen LogP contribution in [-0.2, 0) is 14.3 Å². The van der Waals surface area contributed by atoms with Crippen molar-refractivity contribution in [1.29, 1.82) is 0 Å². The summed E-state index contributed by atoms with van der Waals surface area (Å²) >= 11 is 7.07. The van der Waals surface area contributed by atoms with Gasteiger partial charge in [-0.25, -0.2) is 9.59 Å². The van der Waals surface area contributed by atoms with Crippen molar-refractivity contribution in [3.8, 4) is 11.1 Å². The molecule has 3 rings (SSSR count). The highest BCUT2D eigenvalue weighted by molar-refractivity contribution is 7.15. The Bertz CT molecular complexity index is 1240. The maximum Gasteiger partial charge on any atom is 0.340 e. The Balaban J connectivity index is 1.51. The van der Waals surface area contributed by atoms with Crippen LogP contribution in [0.4, 0.5) is 10.7 Å². The first-order valence-electron chi connectivity index (χ1n) is 10.7. The molecule has 0 aliphatic rings. The Morgan fingerprint density at radius 1 is 0.971 bits per heavy atom. The molecule has 0 spiro atoms. The summed E-state index contributed by atoms with van der Waals surface area (Å²) in [5.41, 5.74) is 1.79. The van der Waals surface area contributed by atoms with Gasteiger partial charge in [0.25, 0.3) is 0 Å². The van der Waals surface area contributed by atoms with Crippen LogP contribution < -0.4 is 10.6 Å². The van der Waals surface area contributed by atoms with E-state index in [1.165, 1.54) is 19.2 Å². The number of unbranched alkanes of at least 4 members (excludes halogenated alkanes) is 1. The molecular weight excluding hydrogens is 492 g/mol. The molecule has 2 aromatic carbocycles. The Labute approximate surface area is 210 Å². The van der Waals surface area contributed by atoms with Crippen LogP contribution in [0, 0.1) is 0 Å². The molecule has 2 amide bonds. The number of carboxylic acids is 1. The smallest absolute Gasteiger partial charge is 0.340 e. The normalized spacial score (nSPS) is 10.5. The van der Waals surface area contributed by atoms with E-state index in [9.17, 15) is 24.3 Å². The number of halogens is 1. The number of esters is 1. The zero-order valence-corrected chi connectivity index (χ0v) is 20.4. The van der Waals surface area contributed by atoms with Crippen molar-refractivity contribution in [2.45, 2.75) is 25.7 Å². The van der Waals surface area contributed by atoms with E-state index in [2.05, 4.69) is 10.6 Å². The number of carboxylic acid groups (broad SMARTS) is 1. The van der Waals surface area contributed by atoms with E-state index in [0.29, 0.717) is 23.4 Å². The lowest BCUT2D eigenvalue weighted by atomic mass is 10.0. The molecule has 0 bridgehead atoms. The topological polar surface area (TPSA) is 122 Å². The van der Waals surface area contributed by atoms with Gasteiger partial charge in [0.1, 0.15) is 10.6 Å². The van der Waals surface area contributed by atoms with Crippen LogP contribution in [0.2, 0.25) is 5.02 Å². The summed E-state index contributed by atoms with van der Waals surface area (Å²) in [6, 6.07) is 13.6. The van der Waals surface area contributed by atoms with Gasteiger partial charge in [0.05, 0.1) is 18.4 Å². The van der Waals surface area contributed by atoms with Crippen LogP contribution in [0.5, 0.6) is 0 Å². The number of hydrogen-bond acceptors (Lipinski definition) is 6. The molecular formula is C25H23ClN2O6S. The monoisotopic (exact) mass is 514 g/mol. The van der Waals surface area contributed by atoms with Gasteiger partial charge in [0.15, 0.2) is 0 Å². The number of anilines is 2. The van der Waals surface area contributed by atoms with Gasteiger partial charge in [0, 0.05) is 28.8 Å². The lowest BCUT2D eigenvalue weighted by Crippen LogP contribution is -2.16. The van der Waals surface area contributed by atoms with Gasteiger partial charge >= 0.3 is 11.9 Å². The highest BCUT2D eigenvalue weighted by atomic mass is 35.5. The van der Waals surface area contributed by atoms with Gasteiger partial charge in [-0.15, -0.1) is 11.3 Å². The second kappa shape index (κ2) is 12.1. The molecule has 10 heteroatoms. The molecule has 35 heavy (non-hydrogen) atoms. The summed E-state index contributed by atoms with van der Waals surface area (Å²) in [5, 5.41) is 17.3. The molecule has 0 saturated heterocycles. The van der Waals surface area contributed by atoms with Gasteiger partial charge in [-0.3, -0.25) is 9.59 Å². The average molecular weight is 515 g/mol. The number of carbonyl (C=O) groups excluding carboxylic acids is 3. The standard InChI is InChI=1S/C25H23ClN2O6S/c1-34-25(33)17-13-16(26)11-12-19(17)27-20(29)9-5-6-10-21(30)28-23-22(24(31)32)18(14-35-23)15-7-3-2-4-8-15/h2-4,7-8,11-14H,5-6,9-10H2,1H3,(H,27,29)(H,28,30)(H,31,32). The lowest BCUT2D eigenvalue weighted by Gasteiger charge is -2.10. The summed E-state index contributed by atoms with van der Waals surface area (Å²) in [6.45, 7) is 0. The van der Waals surface area contributed by atoms with Crippen molar-refractivity contribution in [3.63, 3.8) is 0 Å². The van der Waals surface area contributed by atoms with Gasteiger partial charge < -0.3 is 20.5 Å². The maximum atomic E-state index is 12.4. The van der Waals surface area contributed by atoms with Crippen LogP contribution >= 0.6 is 22.9 Å². The molecule has 3 N–H and O–H groups in total. The van der Waals surface area contributed by atoms with E-state index in [1.54, 1.807) is 11.4 Å². The number of ether oxygens (including phenoxy) is 1. The SMILES string of the molecule is COC(=O)c1cc(Cl)ccc1NC(=O)CCCCC(=O)Nc1scc(-c2ccccc2)c1C(=O)O. The number of aromatic carboxylic acids is 1. The second-order valence-corrected chi connectivity index (χ2v) is 8.83. The zero-order chi connectivity index (χ0) is 25.4. The minimum absolute atomic E-state index is 0.0540. The minimum Gasteiger partial charge on any atom is -0.478 e. The largest absolute Gasteiger partial charge is 0.478 e. The molecule has 0 aliphatic carbocycles. The third-order valence-electron chi connectivity index (χ3n) is 5.06. The molecule has 1 heterocycles. The highest BCUT2D eigenvalue weighted by Crippen LogP contribution is 2.35. The number of amides is 2. The molecule has 0 atom stereocenters. The van der Waals surface area contributed by atoms with E-state index in [4.69, 9.17) is 16.3 Å². The van der Waals surface area contributed by atoms with E-state index >= 15 is 0 Å². The van der Waals surface area contributed by atoms with E-state index < -0.39 is 11.9 Å². The molecule has 1 aromatic heterocycles. The first-order valence-corrected chi connectivity index (χ1v) is 11.9. The Morgan fingerprint density at radius 2 is 1.63 bits per heavy atom. The maximum absolute atomic E-state index is 12.4. The van der Waals surface area contributed by atoms with Crippen molar-refractivity contribution < 1.29 is 29.0 Å². The number of hydrogen-bond donors (Lipinski definition) is 3. The molecule has 0 unspecified atom stereocenters. The predicted molar refractivity (Wildman–Crippen MR) is 135 cm³/mol. The predicted octanol–water partition coefficient (Wildman–Crippen LogP) is 5.69. The van der Waals surface area contributed by atoms with Crippen molar-refractivity contribution >= 4 is 57.4 Å². The summed E-state index contributed by atoms with van der Waals surface area (Å²) < 4.78 is 4.71. The fourth-order valence-electron chi connectivity index (χ4n) is 3.37. The number of nitrogens with one attached hydrogen (secondary N) is 2. The summed E-state index contributed by atoms with van der Waals surface area (Å²) in [6.07, 6.45) is 1.10. The van der Waals surface area contributed by atoms with E-state index in [0.717, 1.165) is 16.9 Å². The van der Waals surface area contributed by atoms with Crippen molar-refractivity contribution in [2.24, 2.45) is 0 Å². The first kappa shape index (κ1) is 25.9. The molecule has 182 valence electrons. The first-order chi connectivity index (χ1) is 16.8. The summed E-state index contributed by atoms with van der Waals surface area (Å²) in [5.74, 6) is -2.40. The fourth-order valence-corrected chi connectivity index (χ4v) is 4.52. The average Bonchev–Trinajstić information content (AvgIpc) is 3.26. The quantitative estimate of drug-likeness (QED) is 0.236. The highest BCUT2D eigenvalue weighted by Gasteiger charge is 2.21. The molecule has 0 radical (unpaired) electrons. The number of methoxy groups -OCH3 is 1. The van der Waals surface area contributed by atoms with Gasteiger partial charge in [-0.05, 0) is 36.6 Å². The van der Waals surface area contributed by atoms with Crippen LogP contribution in [0.1, 0.15) is 46.4 Å². The molecule has 8 nitrogen and oxygen atoms in total. The number of rotatable bonds is 10. The Kier molecular flexibility index (Phi) is 8.99. The third-order valence-corrected chi connectivity index (χ3v) is 6.19. The number of carbonyl (C=O) groups is 4. The zero-order valence-electron chi connectivity index (χ0n) is 18.8. The number of benzene rings is 2. The summed E-state index contributed by atoms with van der Waals surface area (Å²) in [7, 11) is 1.23. The van der Waals surface area contributed by atoms with Crippen LogP contribution in [-0.4, -0.2) is 36.0 Å². The third kappa shape index (κ3) is 6.91. The van der Waals surface area contributed by atoms with E-state index in [1.807, 2.05) is 30.3 Å². The lowest BCUT2D eigenvalue weighted by molar-refractivity contribution is -0.118. The van der Waals surface area contributed by atoms with Crippen molar-refractivity contribution in [3.05, 3.63) is 70.1 Å². The molecule has 0 saturated carbocycles. The van der Waals surface area contributed by atoms with E-state index in [-0.39, 0.29) is 46.5 Å². The van der Waals surface area contributed by atoms with Crippen LogP contribution in [0.15, 0.2) is 53.9 Å². The molecule has 0 fully saturated rings. The molecule has 3 aromatic rings. The Morgan fingerprint density at radius 3 is 2.26 bits per heavy atom. The van der Waals surface area contributed by atoms with Gasteiger partial charge in [-0.1, -0.05) is 41.9 Å². The van der Waals surface area contributed by atoms with Gasteiger partial charge in [0.2, 0.25) is 11.8 Å². The van der Waals surface area contributed by atoms with Crippen molar-refractivity contribution in [2.75, 3.05) is 17.7 Å². The number of thiophene rings is 1. The van der Waals surface area contributed by atoms with Gasteiger partial charge in [-0.2, -0.15) is 0 Å². The molecule has 0 aliphatic heterocycles.